The van der Waals surface area contributed by atoms with E-state index in [2.05, 4.69) is 39.8 Å². The molecular formula is C37H47ClN2O6S. The van der Waals surface area contributed by atoms with Crippen molar-refractivity contribution in [2.75, 3.05) is 31.7 Å². The highest BCUT2D eigenvalue weighted by atomic mass is 35.5. The number of carbonyl (C=O) groups is 2. The Kier molecular flexibility index (Phi) is 9.98. The number of methoxy groups -OCH3 is 1. The molecule has 8 nitrogen and oxygen atoms in total. The molecule has 2 heterocycles. The van der Waals surface area contributed by atoms with Gasteiger partial charge in [0.25, 0.3) is 5.91 Å². The maximum absolute atomic E-state index is 13.8. The Hall–Kier alpha value is -3.01. The van der Waals surface area contributed by atoms with Gasteiger partial charge < -0.3 is 19.1 Å². The zero-order valence-electron chi connectivity index (χ0n) is 27.7. The topological polar surface area (TPSA) is 94.2 Å². The van der Waals surface area contributed by atoms with Crippen LogP contribution in [0.1, 0.15) is 80.3 Å². The van der Waals surface area contributed by atoms with Crippen LogP contribution in [-0.4, -0.2) is 66.2 Å². The summed E-state index contributed by atoms with van der Waals surface area (Å²) >= 11 is 6.44. The molecule has 10 heteroatoms. The van der Waals surface area contributed by atoms with Gasteiger partial charge in [-0.3, -0.25) is 9.52 Å². The molecule has 1 spiro atoms. The zero-order chi connectivity index (χ0) is 33.3. The van der Waals surface area contributed by atoms with Gasteiger partial charge in [0.05, 0.1) is 35.2 Å². The maximum Gasteiger partial charge on any atom is 0.334 e. The molecule has 1 saturated carbocycles. The number of amides is 1. The molecule has 0 radical (unpaired) electrons. The Labute approximate surface area is 284 Å². The molecule has 2 aromatic rings. The largest absolute Gasteiger partial charge is 0.490 e. The van der Waals surface area contributed by atoms with Crippen molar-refractivity contribution in [3.8, 4) is 5.75 Å². The van der Waals surface area contributed by atoms with E-state index in [0.717, 1.165) is 55.1 Å². The second kappa shape index (κ2) is 13.8. The number of nitrogens with one attached hydrogen (secondary N) is 1. The lowest BCUT2D eigenvalue weighted by atomic mass is 9.68. The highest BCUT2D eigenvalue weighted by Gasteiger charge is 2.45. The van der Waals surface area contributed by atoms with Gasteiger partial charge in [-0.2, -0.15) is 0 Å². The average Bonchev–Trinajstić information content (AvgIpc) is 3.18. The number of hydrogen-bond acceptors (Lipinski definition) is 7. The van der Waals surface area contributed by atoms with Crippen molar-refractivity contribution >= 4 is 44.7 Å². The lowest BCUT2D eigenvalue weighted by molar-refractivity contribution is -0.158. The number of rotatable bonds is 4. The van der Waals surface area contributed by atoms with E-state index in [1.165, 1.54) is 18.2 Å². The zero-order valence-corrected chi connectivity index (χ0v) is 29.2. The number of aryl methyl sites for hydroxylation is 1. The first-order chi connectivity index (χ1) is 22.5. The van der Waals surface area contributed by atoms with E-state index in [0.29, 0.717) is 38.0 Å². The Bertz CT molecular complexity index is 1640. The van der Waals surface area contributed by atoms with Crippen molar-refractivity contribution in [3.05, 3.63) is 70.3 Å². The van der Waals surface area contributed by atoms with Crippen molar-refractivity contribution < 1.29 is 28.0 Å². The number of nitrogens with zero attached hydrogens (tertiary/aromatic N) is 1. The number of esters is 1. The molecule has 254 valence electrons. The first-order valence-electron chi connectivity index (χ1n) is 16.9. The van der Waals surface area contributed by atoms with E-state index in [9.17, 15) is 13.8 Å². The molecule has 1 N–H and O–H groups in total. The summed E-state index contributed by atoms with van der Waals surface area (Å²) in [5.41, 5.74) is 3.56. The molecule has 6 rings (SSSR count). The second-order valence-electron chi connectivity index (χ2n) is 13.7. The molecule has 4 aliphatic rings. The minimum Gasteiger partial charge on any atom is -0.490 e. The van der Waals surface area contributed by atoms with Crippen LogP contribution in [0.3, 0.4) is 0 Å². The molecule has 1 unspecified atom stereocenters. The third-order valence-electron chi connectivity index (χ3n) is 10.8. The number of ether oxygens (including phenoxy) is 3. The summed E-state index contributed by atoms with van der Waals surface area (Å²) in [5.74, 6) is 4.42. The Morgan fingerprint density at radius 2 is 2.06 bits per heavy atom. The quantitative estimate of drug-likeness (QED) is 0.231. The van der Waals surface area contributed by atoms with Gasteiger partial charge in [0.2, 0.25) is 0 Å². The first-order valence-corrected chi connectivity index (χ1v) is 19.1. The van der Waals surface area contributed by atoms with Crippen molar-refractivity contribution in [1.29, 1.82) is 0 Å². The third-order valence-corrected chi connectivity index (χ3v) is 13.2. The number of hydrogen-bond donors (Lipinski definition) is 1. The maximum atomic E-state index is 13.8. The van der Waals surface area contributed by atoms with Gasteiger partial charge >= 0.3 is 5.97 Å². The summed E-state index contributed by atoms with van der Waals surface area (Å²) in [6.07, 6.45) is 10.00. The monoisotopic (exact) mass is 682 g/mol. The van der Waals surface area contributed by atoms with E-state index in [4.69, 9.17) is 25.8 Å². The van der Waals surface area contributed by atoms with Crippen LogP contribution in [0.15, 0.2) is 48.6 Å². The predicted octanol–water partition coefficient (Wildman–Crippen LogP) is 6.28. The van der Waals surface area contributed by atoms with Crippen molar-refractivity contribution in [1.82, 2.24) is 4.72 Å². The Morgan fingerprint density at radius 1 is 1.23 bits per heavy atom. The number of fused-ring (bicyclic) bond motifs is 4. The van der Waals surface area contributed by atoms with Gasteiger partial charge in [-0.25, -0.2) is 9.00 Å². The third kappa shape index (κ3) is 6.94. The molecule has 2 bridgehead atoms. The van der Waals surface area contributed by atoms with E-state index in [-0.39, 0.29) is 28.6 Å². The Balaban J connectivity index is 1.42. The first kappa shape index (κ1) is 33.9. The Morgan fingerprint density at radius 3 is 2.81 bits per heavy atom. The fraction of sp³-hybridized carbons (Fsp3) is 0.541. The molecule has 0 saturated heterocycles. The summed E-state index contributed by atoms with van der Waals surface area (Å²) in [7, 11) is -1.56. The van der Waals surface area contributed by atoms with Crippen molar-refractivity contribution in [2.24, 2.45) is 11.8 Å². The van der Waals surface area contributed by atoms with Gasteiger partial charge in [0.1, 0.15) is 5.75 Å². The highest BCUT2D eigenvalue weighted by molar-refractivity contribution is 7.99. The van der Waals surface area contributed by atoms with E-state index in [1.54, 1.807) is 13.0 Å². The van der Waals surface area contributed by atoms with Gasteiger partial charge in [-0.1, -0.05) is 36.7 Å². The van der Waals surface area contributed by atoms with Crippen LogP contribution >= 0.6 is 11.6 Å². The summed E-state index contributed by atoms with van der Waals surface area (Å²) < 4.78 is 34.6. The van der Waals surface area contributed by atoms with E-state index >= 15 is 0 Å². The standard InChI is InChI=1S/C37H47ClN2O6S/c1-5-29-10-6-7-11-33(46-24(2)36(42)44-3)30-15-12-27(30)21-40-22-37(18-8-9-25-19-28(38)14-16-31(25)37)23-45-34-17-13-26(20-32(34)40)35(41)39-47(29,4)43/h7,11,13-14,16-17,19-20,24,27,29-30,33H,4-6,8-10,12,15,18,21-23H2,1-3H3,(H,39,41,43)/b11-7+/t24-,27-,29+,30+,33-,37-,47?/m0/s1. The summed E-state index contributed by atoms with van der Waals surface area (Å²) in [5, 5.41) is 0.443. The molecule has 47 heavy (non-hydrogen) atoms. The molecule has 2 aliphatic heterocycles. The van der Waals surface area contributed by atoms with Crippen LogP contribution in [0.4, 0.5) is 5.69 Å². The van der Waals surface area contributed by atoms with Gasteiger partial charge in [0, 0.05) is 34.3 Å². The SMILES string of the molecule is C=S1(=O)NC(=O)c2ccc3c(c2)N(C[C@@H]2CC[C@H]2[C@@H](O[C@@H](C)C(=O)OC)/C=C/CC[C@H]1CC)C[C@@]1(CCCc2cc(Cl)ccc21)CO3. The number of benzene rings is 2. The molecule has 1 amide bonds. The molecule has 2 aliphatic carbocycles. The minimum atomic E-state index is -2.94. The molecule has 2 aromatic carbocycles. The number of anilines is 1. The molecular weight excluding hydrogens is 636 g/mol. The lowest BCUT2D eigenvalue weighted by Gasteiger charge is -2.46. The molecule has 0 aromatic heterocycles. The van der Waals surface area contributed by atoms with Gasteiger partial charge in [0.15, 0.2) is 6.10 Å². The van der Waals surface area contributed by atoms with Crippen LogP contribution in [0.25, 0.3) is 0 Å². The normalized spacial score (nSPS) is 32.0. The van der Waals surface area contributed by atoms with Crippen LogP contribution in [0.5, 0.6) is 5.75 Å². The lowest BCUT2D eigenvalue weighted by Crippen LogP contribution is -2.50. The molecule has 1 fully saturated rings. The summed E-state index contributed by atoms with van der Waals surface area (Å²) in [6.45, 7) is 5.67. The van der Waals surface area contributed by atoms with Crippen molar-refractivity contribution in [2.45, 2.75) is 88.1 Å². The summed E-state index contributed by atoms with van der Waals surface area (Å²) in [4.78, 5) is 28.4. The molecule has 7 atom stereocenters. The van der Waals surface area contributed by atoms with Crippen LogP contribution < -0.4 is 14.4 Å². The highest BCUT2D eigenvalue weighted by Crippen LogP contribution is 2.47. The van der Waals surface area contributed by atoms with E-state index < -0.39 is 27.7 Å². The van der Waals surface area contributed by atoms with Crippen molar-refractivity contribution in [3.63, 3.8) is 0 Å². The predicted molar refractivity (Wildman–Crippen MR) is 188 cm³/mol. The smallest absolute Gasteiger partial charge is 0.334 e. The second-order valence-corrected chi connectivity index (χ2v) is 16.5. The fourth-order valence-corrected chi connectivity index (χ4v) is 9.86. The van der Waals surface area contributed by atoms with Gasteiger partial charge in [-0.15, -0.1) is 0 Å². The number of carbonyl (C=O) groups excluding carboxylic acids is 2. The van der Waals surface area contributed by atoms with Crippen LogP contribution in [0.2, 0.25) is 5.02 Å². The number of allylic oxidation sites excluding steroid dienone is 1. The van der Waals surface area contributed by atoms with Crippen LogP contribution in [0, 0.1) is 11.8 Å². The van der Waals surface area contributed by atoms with Crippen LogP contribution in [-0.2, 0) is 35.8 Å². The average molecular weight is 683 g/mol. The van der Waals surface area contributed by atoms with E-state index in [1.807, 2.05) is 25.1 Å². The summed E-state index contributed by atoms with van der Waals surface area (Å²) in [6, 6.07) is 11.7. The number of halogens is 1. The van der Waals surface area contributed by atoms with Gasteiger partial charge in [-0.05, 0) is 117 Å². The fourth-order valence-electron chi connectivity index (χ4n) is 8.01. The minimum absolute atomic E-state index is 0.192.